The average molecular weight is 398 g/mol. The van der Waals surface area contributed by atoms with Crippen LogP contribution in [0.1, 0.15) is 0 Å². The Morgan fingerprint density at radius 2 is 1.68 bits per heavy atom. The highest BCUT2D eigenvalue weighted by Gasteiger charge is 2.28. The van der Waals surface area contributed by atoms with E-state index in [1.807, 2.05) is 24.3 Å². The van der Waals surface area contributed by atoms with Gasteiger partial charge >= 0.3 is 0 Å². The molecule has 2 aromatic heterocycles. The molecule has 0 atom stereocenters. The molecule has 0 unspecified atom stereocenters. The first-order valence-corrected chi connectivity index (χ1v) is 10.6. The number of hydrogen-bond acceptors (Lipinski definition) is 6. The number of rotatable bonds is 6. The zero-order valence-electron chi connectivity index (χ0n) is 15.4. The molecule has 1 aliphatic heterocycles. The van der Waals surface area contributed by atoms with Crippen molar-refractivity contribution in [1.29, 1.82) is 0 Å². The van der Waals surface area contributed by atoms with Crippen LogP contribution >= 0.6 is 0 Å². The number of sulfonamides is 1. The summed E-state index contributed by atoms with van der Waals surface area (Å²) >= 11 is 0. The van der Waals surface area contributed by atoms with Crippen LogP contribution in [0.3, 0.4) is 0 Å². The predicted molar refractivity (Wildman–Crippen MR) is 105 cm³/mol. The van der Waals surface area contributed by atoms with Crippen LogP contribution in [-0.4, -0.2) is 70.1 Å². The van der Waals surface area contributed by atoms with Crippen molar-refractivity contribution in [3.05, 3.63) is 61.4 Å². The van der Waals surface area contributed by atoms with Crippen LogP contribution in [0, 0.1) is 0 Å². The molecule has 0 aliphatic carbocycles. The van der Waals surface area contributed by atoms with E-state index in [1.54, 1.807) is 39.8 Å². The van der Waals surface area contributed by atoms with E-state index < -0.39 is 10.0 Å². The zero-order valence-corrected chi connectivity index (χ0v) is 16.2. The van der Waals surface area contributed by atoms with Gasteiger partial charge in [-0.3, -0.25) is 14.6 Å². The Balaban J connectivity index is 1.37. The molecule has 0 bridgehead atoms. The third kappa shape index (κ3) is 4.11. The van der Waals surface area contributed by atoms with Crippen molar-refractivity contribution in [2.75, 3.05) is 32.7 Å². The summed E-state index contributed by atoms with van der Waals surface area (Å²) in [5.41, 5.74) is 1.91. The summed E-state index contributed by atoms with van der Waals surface area (Å²) in [7, 11) is -3.48. The molecule has 1 aromatic carbocycles. The fourth-order valence-electron chi connectivity index (χ4n) is 3.29. The van der Waals surface area contributed by atoms with Gasteiger partial charge in [0, 0.05) is 45.1 Å². The Morgan fingerprint density at radius 1 is 0.893 bits per heavy atom. The van der Waals surface area contributed by atoms with Crippen LogP contribution in [0.2, 0.25) is 0 Å². The molecule has 146 valence electrons. The van der Waals surface area contributed by atoms with Gasteiger partial charge < -0.3 is 0 Å². The van der Waals surface area contributed by atoms with Gasteiger partial charge in [-0.1, -0.05) is 18.2 Å². The number of aromatic nitrogens is 4. The van der Waals surface area contributed by atoms with Gasteiger partial charge in [-0.15, -0.1) is 0 Å². The lowest BCUT2D eigenvalue weighted by atomic mass is 10.1. The van der Waals surface area contributed by atoms with Gasteiger partial charge in [0.25, 0.3) is 0 Å². The third-order valence-electron chi connectivity index (χ3n) is 4.93. The number of pyridine rings is 1. The fraction of sp³-hybridized carbons (Fsp3) is 0.316. The molecule has 0 spiro atoms. The standard InChI is InChI=1S/C19H22N6O2S/c26-28(27,19-5-3-17(4-6-19)18-2-1-7-20-14-18)25-12-9-23(10-13-25)8-11-24-16-21-15-22-24/h1-7,14-16H,8-13H2. The van der Waals surface area contributed by atoms with Gasteiger partial charge in [0.05, 0.1) is 11.4 Å². The largest absolute Gasteiger partial charge is 0.299 e. The minimum Gasteiger partial charge on any atom is -0.299 e. The summed E-state index contributed by atoms with van der Waals surface area (Å²) < 4.78 is 29.3. The molecule has 1 saturated heterocycles. The van der Waals surface area contributed by atoms with E-state index in [1.165, 1.54) is 6.33 Å². The molecule has 1 aliphatic rings. The number of piperazine rings is 1. The van der Waals surface area contributed by atoms with Gasteiger partial charge in [-0.25, -0.2) is 13.4 Å². The summed E-state index contributed by atoms with van der Waals surface area (Å²) in [5.74, 6) is 0. The molecule has 9 heteroatoms. The average Bonchev–Trinajstić information content (AvgIpc) is 3.27. The van der Waals surface area contributed by atoms with Crippen LogP contribution in [0.25, 0.3) is 11.1 Å². The summed E-state index contributed by atoms with van der Waals surface area (Å²) in [6, 6.07) is 10.8. The van der Waals surface area contributed by atoms with Gasteiger partial charge in [0.1, 0.15) is 12.7 Å². The van der Waals surface area contributed by atoms with Crippen molar-refractivity contribution in [1.82, 2.24) is 29.0 Å². The van der Waals surface area contributed by atoms with Crippen molar-refractivity contribution >= 4 is 10.0 Å². The summed E-state index contributed by atoms with van der Waals surface area (Å²) in [4.78, 5) is 10.6. The molecule has 1 fully saturated rings. The van der Waals surface area contributed by atoms with Crippen molar-refractivity contribution in [3.8, 4) is 11.1 Å². The minimum absolute atomic E-state index is 0.330. The summed E-state index contributed by atoms with van der Waals surface area (Å²) in [6.45, 7) is 3.98. The Labute approximate surface area is 164 Å². The van der Waals surface area contributed by atoms with E-state index in [-0.39, 0.29) is 0 Å². The molecule has 0 saturated carbocycles. The van der Waals surface area contributed by atoms with Crippen molar-refractivity contribution < 1.29 is 8.42 Å². The molecular formula is C19H22N6O2S. The maximum absolute atomic E-state index is 13.0. The van der Waals surface area contributed by atoms with E-state index >= 15 is 0 Å². The van der Waals surface area contributed by atoms with Gasteiger partial charge in [-0.05, 0) is 29.3 Å². The number of hydrogen-bond donors (Lipinski definition) is 0. The molecule has 3 heterocycles. The minimum atomic E-state index is -3.48. The van der Waals surface area contributed by atoms with E-state index in [0.29, 0.717) is 31.1 Å². The monoisotopic (exact) mass is 398 g/mol. The highest BCUT2D eigenvalue weighted by molar-refractivity contribution is 7.89. The molecule has 28 heavy (non-hydrogen) atoms. The smallest absolute Gasteiger partial charge is 0.243 e. The second-order valence-corrected chi connectivity index (χ2v) is 8.61. The topological polar surface area (TPSA) is 84.2 Å². The van der Waals surface area contributed by atoms with Gasteiger partial charge in [-0.2, -0.15) is 9.40 Å². The fourth-order valence-corrected chi connectivity index (χ4v) is 4.71. The molecule has 4 rings (SSSR count). The second kappa shape index (κ2) is 8.17. The Hall–Kier alpha value is -2.62. The van der Waals surface area contributed by atoms with E-state index in [4.69, 9.17) is 0 Å². The maximum atomic E-state index is 13.0. The van der Waals surface area contributed by atoms with Crippen LogP contribution in [-0.2, 0) is 16.6 Å². The van der Waals surface area contributed by atoms with Gasteiger partial charge in [0.15, 0.2) is 0 Å². The number of benzene rings is 1. The molecule has 0 amide bonds. The van der Waals surface area contributed by atoms with E-state index in [2.05, 4.69) is 20.0 Å². The second-order valence-electron chi connectivity index (χ2n) is 6.67. The summed E-state index contributed by atoms with van der Waals surface area (Å²) in [5, 5.41) is 4.09. The van der Waals surface area contributed by atoms with Crippen LogP contribution in [0.5, 0.6) is 0 Å². The first-order valence-electron chi connectivity index (χ1n) is 9.18. The SMILES string of the molecule is O=S(=O)(c1ccc(-c2cccnc2)cc1)N1CCN(CCn2cncn2)CC1. The quantitative estimate of drug-likeness (QED) is 0.623. The first-order chi connectivity index (χ1) is 13.6. The predicted octanol–water partition coefficient (Wildman–Crippen LogP) is 1.35. The van der Waals surface area contributed by atoms with Crippen molar-refractivity contribution in [3.63, 3.8) is 0 Å². The molecule has 0 N–H and O–H groups in total. The summed E-state index contributed by atoms with van der Waals surface area (Å²) in [6.07, 6.45) is 6.69. The Morgan fingerprint density at radius 3 is 2.32 bits per heavy atom. The lowest BCUT2D eigenvalue weighted by Crippen LogP contribution is -2.49. The Kier molecular flexibility index (Phi) is 5.47. The molecular weight excluding hydrogens is 376 g/mol. The van der Waals surface area contributed by atoms with Crippen LogP contribution < -0.4 is 0 Å². The lowest BCUT2D eigenvalue weighted by molar-refractivity contribution is 0.181. The number of nitrogens with zero attached hydrogens (tertiary/aromatic N) is 6. The first kappa shape index (κ1) is 18.7. The maximum Gasteiger partial charge on any atom is 0.243 e. The van der Waals surface area contributed by atoms with Gasteiger partial charge in [0.2, 0.25) is 10.0 Å². The molecule has 8 nitrogen and oxygen atoms in total. The molecule has 3 aromatic rings. The zero-order chi connectivity index (χ0) is 19.4. The van der Waals surface area contributed by atoms with E-state index in [0.717, 1.165) is 24.2 Å². The lowest BCUT2D eigenvalue weighted by Gasteiger charge is -2.33. The van der Waals surface area contributed by atoms with Crippen LogP contribution in [0.15, 0.2) is 66.3 Å². The normalized spacial score (nSPS) is 16.3. The Bertz CT molecular complexity index is 983. The highest BCUT2D eigenvalue weighted by atomic mass is 32.2. The highest BCUT2D eigenvalue weighted by Crippen LogP contribution is 2.23. The van der Waals surface area contributed by atoms with Crippen molar-refractivity contribution in [2.24, 2.45) is 0 Å². The van der Waals surface area contributed by atoms with Crippen LogP contribution in [0.4, 0.5) is 0 Å². The van der Waals surface area contributed by atoms with E-state index in [9.17, 15) is 8.42 Å². The third-order valence-corrected chi connectivity index (χ3v) is 6.84. The molecule has 0 radical (unpaired) electrons. The van der Waals surface area contributed by atoms with Crippen molar-refractivity contribution in [2.45, 2.75) is 11.4 Å².